The van der Waals surface area contributed by atoms with Crippen molar-refractivity contribution >= 4 is 23.4 Å². The second kappa shape index (κ2) is 14.1. The van der Waals surface area contributed by atoms with E-state index < -0.39 is 0 Å². The fourth-order valence-corrected chi connectivity index (χ4v) is 5.37. The molecule has 0 bridgehead atoms. The molecule has 1 aromatic heterocycles. The Morgan fingerprint density at radius 1 is 0.814 bits per heavy atom. The zero-order chi connectivity index (χ0) is 30.0. The summed E-state index contributed by atoms with van der Waals surface area (Å²) in [6.07, 6.45) is 0.229. The lowest BCUT2D eigenvalue weighted by Gasteiger charge is -2.15. The van der Waals surface area contributed by atoms with E-state index in [1.165, 1.54) is 11.8 Å². The van der Waals surface area contributed by atoms with Crippen LogP contribution in [-0.4, -0.2) is 30.9 Å². The van der Waals surface area contributed by atoms with Gasteiger partial charge in [0.1, 0.15) is 34.1 Å². The van der Waals surface area contributed by atoms with Crippen LogP contribution in [0.15, 0.2) is 114 Å². The van der Waals surface area contributed by atoms with Gasteiger partial charge in [0.2, 0.25) is 5.91 Å². The number of benzene rings is 4. The SMILES string of the molecule is COc1ccc(OC)c(-c2cc(-c3ccccc3)nc(SCCC(=O)Nc3ccc(Oc4ccccc4)cc3)c2C#N)c1. The van der Waals surface area contributed by atoms with Gasteiger partial charge in [-0.3, -0.25) is 4.79 Å². The molecule has 0 unspecified atom stereocenters. The van der Waals surface area contributed by atoms with E-state index in [-0.39, 0.29) is 12.3 Å². The molecule has 0 aliphatic carbocycles. The van der Waals surface area contributed by atoms with Crippen LogP contribution in [0.1, 0.15) is 12.0 Å². The zero-order valence-corrected chi connectivity index (χ0v) is 24.6. The van der Waals surface area contributed by atoms with Gasteiger partial charge >= 0.3 is 0 Å². The second-order valence-corrected chi connectivity index (χ2v) is 10.4. The van der Waals surface area contributed by atoms with Crippen LogP contribution in [-0.2, 0) is 4.79 Å². The Bertz CT molecular complexity index is 1740. The van der Waals surface area contributed by atoms with Crippen molar-refractivity contribution in [3.63, 3.8) is 0 Å². The maximum Gasteiger partial charge on any atom is 0.225 e. The number of thioether (sulfide) groups is 1. The van der Waals surface area contributed by atoms with Crippen LogP contribution >= 0.6 is 11.8 Å². The number of pyridine rings is 1. The minimum atomic E-state index is -0.142. The van der Waals surface area contributed by atoms with Crippen LogP contribution in [0.5, 0.6) is 23.0 Å². The Balaban J connectivity index is 1.34. The first-order valence-electron chi connectivity index (χ1n) is 13.6. The normalized spacial score (nSPS) is 10.4. The number of hydrogen-bond acceptors (Lipinski definition) is 7. The van der Waals surface area contributed by atoms with Gasteiger partial charge in [-0.2, -0.15) is 5.26 Å². The fourth-order valence-electron chi connectivity index (χ4n) is 4.42. The van der Waals surface area contributed by atoms with Crippen molar-refractivity contribution < 1.29 is 19.0 Å². The van der Waals surface area contributed by atoms with Crippen LogP contribution in [0.4, 0.5) is 5.69 Å². The van der Waals surface area contributed by atoms with Gasteiger partial charge in [0.05, 0.1) is 25.5 Å². The van der Waals surface area contributed by atoms with Gasteiger partial charge in [0, 0.05) is 34.6 Å². The summed E-state index contributed by atoms with van der Waals surface area (Å²) in [4.78, 5) is 17.6. The minimum absolute atomic E-state index is 0.142. The van der Waals surface area contributed by atoms with Crippen molar-refractivity contribution in [1.29, 1.82) is 5.26 Å². The monoisotopic (exact) mass is 587 g/mol. The highest BCUT2D eigenvalue weighted by Gasteiger charge is 2.19. The summed E-state index contributed by atoms with van der Waals surface area (Å²) in [6, 6.07) is 36.2. The number of carbonyl (C=O) groups excluding carboxylic acids is 1. The summed E-state index contributed by atoms with van der Waals surface area (Å²) in [7, 11) is 3.19. The summed E-state index contributed by atoms with van der Waals surface area (Å²) in [6.45, 7) is 0. The number of carbonyl (C=O) groups is 1. The van der Waals surface area contributed by atoms with Gasteiger partial charge in [-0.25, -0.2) is 4.98 Å². The average Bonchev–Trinajstić information content (AvgIpc) is 3.06. The first-order chi connectivity index (χ1) is 21.1. The predicted molar refractivity (Wildman–Crippen MR) is 170 cm³/mol. The van der Waals surface area contributed by atoms with Crippen LogP contribution in [0.2, 0.25) is 0 Å². The third-order valence-electron chi connectivity index (χ3n) is 6.55. The number of aromatic nitrogens is 1. The average molecular weight is 588 g/mol. The molecule has 0 aliphatic rings. The fraction of sp³-hybridized carbons (Fsp3) is 0.114. The molecule has 8 heteroatoms. The summed E-state index contributed by atoms with van der Waals surface area (Å²) in [5.41, 5.74) is 4.10. The number of rotatable bonds is 11. The van der Waals surface area contributed by atoms with Crippen LogP contribution in [0.3, 0.4) is 0 Å². The van der Waals surface area contributed by atoms with Crippen molar-refractivity contribution in [2.45, 2.75) is 11.4 Å². The van der Waals surface area contributed by atoms with E-state index in [2.05, 4.69) is 11.4 Å². The molecule has 7 nitrogen and oxygen atoms in total. The Morgan fingerprint density at radius 2 is 1.49 bits per heavy atom. The molecule has 0 atom stereocenters. The van der Waals surface area contributed by atoms with Crippen LogP contribution in [0.25, 0.3) is 22.4 Å². The molecule has 5 aromatic rings. The molecule has 1 heterocycles. The summed E-state index contributed by atoms with van der Waals surface area (Å²) in [5.74, 6) is 2.95. The third kappa shape index (κ3) is 7.34. The number of anilines is 1. The highest BCUT2D eigenvalue weighted by Crippen LogP contribution is 2.40. The summed E-state index contributed by atoms with van der Waals surface area (Å²) < 4.78 is 16.9. The van der Waals surface area contributed by atoms with E-state index in [0.29, 0.717) is 50.5 Å². The molecule has 0 saturated heterocycles. The lowest BCUT2D eigenvalue weighted by molar-refractivity contribution is -0.115. The number of hydrogen-bond donors (Lipinski definition) is 1. The smallest absolute Gasteiger partial charge is 0.225 e. The molecule has 0 saturated carbocycles. The standard InChI is InChI=1S/C35H29N3O4S/c1-40-28-17-18-33(41-2)30(21-28)29-22-32(24-9-5-3-6-10-24)38-35(31(29)23-36)43-20-19-34(39)37-25-13-15-27(16-14-25)42-26-11-7-4-8-12-26/h3-18,21-22H,19-20H2,1-2H3,(H,37,39). The number of nitrogens with one attached hydrogen (secondary N) is 1. The quantitative estimate of drug-likeness (QED) is 0.156. The molecule has 0 radical (unpaired) electrons. The van der Waals surface area contributed by atoms with Crippen molar-refractivity contribution in [3.8, 4) is 51.5 Å². The largest absolute Gasteiger partial charge is 0.497 e. The van der Waals surface area contributed by atoms with Gasteiger partial charge in [-0.15, -0.1) is 11.8 Å². The minimum Gasteiger partial charge on any atom is -0.497 e. The lowest BCUT2D eigenvalue weighted by atomic mass is 9.98. The van der Waals surface area contributed by atoms with E-state index in [4.69, 9.17) is 19.2 Å². The van der Waals surface area contributed by atoms with Gasteiger partial charge in [-0.1, -0.05) is 48.5 Å². The molecule has 0 fully saturated rings. The molecule has 1 N–H and O–H groups in total. The lowest BCUT2D eigenvalue weighted by Crippen LogP contribution is -2.12. The predicted octanol–water partition coefficient (Wildman–Crippen LogP) is 8.22. The Labute approximate surface area is 255 Å². The molecule has 0 aliphatic heterocycles. The molecular weight excluding hydrogens is 558 g/mol. The topological polar surface area (TPSA) is 93.5 Å². The molecular formula is C35H29N3O4S. The Kier molecular flexibility index (Phi) is 9.57. The van der Waals surface area contributed by atoms with Crippen molar-refractivity contribution in [2.75, 3.05) is 25.3 Å². The highest BCUT2D eigenvalue weighted by atomic mass is 32.2. The van der Waals surface area contributed by atoms with Gasteiger partial charge in [0.15, 0.2) is 0 Å². The van der Waals surface area contributed by atoms with Crippen molar-refractivity contribution in [2.24, 2.45) is 0 Å². The second-order valence-electron chi connectivity index (χ2n) is 9.37. The molecule has 43 heavy (non-hydrogen) atoms. The van der Waals surface area contributed by atoms with Gasteiger partial charge in [-0.05, 0) is 60.7 Å². The van der Waals surface area contributed by atoms with E-state index in [9.17, 15) is 10.1 Å². The van der Waals surface area contributed by atoms with Crippen LogP contribution in [0, 0.1) is 11.3 Å². The molecule has 214 valence electrons. The first-order valence-corrected chi connectivity index (χ1v) is 14.5. The van der Waals surface area contributed by atoms with E-state index in [0.717, 1.165) is 16.9 Å². The van der Waals surface area contributed by atoms with E-state index >= 15 is 0 Å². The summed E-state index contributed by atoms with van der Waals surface area (Å²) in [5, 5.41) is 13.7. The molecule has 5 rings (SSSR count). The maximum absolute atomic E-state index is 12.8. The first kappa shape index (κ1) is 29.2. The highest BCUT2D eigenvalue weighted by molar-refractivity contribution is 7.99. The van der Waals surface area contributed by atoms with Crippen LogP contribution < -0.4 is 19.5 Å². The third-order valence-corrected chi connectivity index (χ3v) is 7.53. The number of amides is 1. The van der Waals surface area contributed by atoms with E-state index in [1.54, 1.807) is 26.4 Å². The van der Waals surface area contributed by atoms with Crippen molar-refractivity contribution in [1.82, 2.24) is 4.98 Å². The number of nitrogens with zero attached hydrogens (tertiary/aromatic N) is 2. The number of methoxy groups -OCH3 is 2. The number of para-hydroxylation sites is 1. The molecule has 4 aromatic carbocycles. The molecule has 1 amide bonds. The van der Waals surface area contributed by atoms with Gasteiger partial charge < -0.3 is 19.5 Å². The number of ether oxygens (including phenoxy) is 3. The zero-order valence-electron chi connectivity index (χ0n) is 23.7. The summed E-state index contributed by atoms with van der Waals surface area (Å²) >= 11 is 1.37. The van der Waals surface area contributed by atoms with E-state index in [1.807, 2.05) is 97.1 Å². The number of nitriles is 1. The Morgan fingerprint density at radius 3 is 2.16 bits per heavy atom. The maximum atomic E-state index is 12.8. The van der Waals surface area contributed by atoms with Gasteiger partial charge in [0.25, 0.3) is 0 Å². The molecule has 0 spiro atoms. The van der Waals surface area contributed by atoms with Crippen molar-refractivity contribution in [3.05, 3.63) is 115 Å². The Hall–Kier alpha value is -5.26.